The summed E-state index contributed by atoms with van der Waals surface area (Å²) in [5.41, 5.74) is 1.60. The average Bonchev–Trinajstić information content (AvgIpc) is 2.70. The van der Waals surface area contributed by atoms with E-state index in [4.69, 9.17) is 0 Å². The van der Waals surface area contributed by atoms with E-state index in [9.17, 15) is 14.7 Å². The fourth-order valence-corrected chi connectivity index (χ4v) is 3.00. The molecular formula is C15H19NO3. The molecule has 1 aliphatic carbocycles. The van der Waals surface area contributed by atoms with Gasteiger partial charge in [-0.2, -0.15) is 0 Å². The van der Waals surface area contributed by atoms with Crippen LogP contribution in [0.15, 0.2) is 18.2 Å². The Morgan fingerprint density at radius 1 is 1.47 bits per heavy atom. The van der Waals surface area contributed by atoms with Crippen LogP contribution in [-0.4, -0.2) is 28.4 Å². The van der Waals surface area contributed by atoms with Gasteiger partial charge in [0.25, 0.3) is 0 Å². The van der Waals surface area contributed by atoms with Gasteiger partial charge in [-0.3, -0.25) is 4.79 Å². The van der Waals surface area contributed by atoms with Crippen molar-refractivity contribution in [3.05, 3.63) is 34.9 Å². The Kier molecular flexibility index (Phi) is 3.35. The molecule has 0 aliphatic heterocycles. The van der Waals surface area contributed by atoms with Gasteiger partial charge in [0.2, 0.25) is 6.41 Å². The molecule has 4 heteroatoms. The van der Waals surface area contributed by atoms with E-state index < -0.39 is 11.5 Å². The summed E-state index contributed by atoms with van der Waals surface area (Å²) in [5, 5.41) is 9.75. The van der Waals surface area contributed by atoms with E-state index in [1.165, 1.54) is 4.90 Å². The van der Waals surface area contributed by atoms with Gasteiger partial charge >= 0.3 is 5.97 Å². The SMILES string of the molecule is Cc1ccc2c(c1)C(C(=O)O)(N(C=O)C(C)C)CC2. The maximum atomic E-state index is 11.9. The molecule has 1 atom stereocenters. The van der Waals surface area contributed by atoms with Crippen molar-refractivity contribution in [1.29, 1.82) is 0 Å². The van der Waals surface area contributed by atoms with E-state index in [-0.39, 0.29) is 6.04 Å². The first-order chi connectivity index (χ1) is 8.93. The highest BCUT2D eigenvalue weighted by Crippen LogP contribution is 2.42. The molecule has 1 aliphatic rings. The lowest BCUT2D eigenvalue weighted by Crippen LogP contribution is -2.53. The minimum absolute atomic E-state index is 0.153. The molecule has 1 aromatic rings. The first-order valence-electron chi connectivity index (χ1n) is 6.50. The lowest BCUT2D eigenvalue weighted by atomic mass is 9.88. The van der Waals surface area contributed by atoms with Crippen molar-refractivity contribution in [2.45, 2.75) is 45.2 Å². The van der Waals surface area contributed by atoms with Crippen LogP contribution in [0.4, 0.5) is 0 Å². The summed E-state index contributed by atoms with van der Waals surface area (Å²) in [6.07, 6.45) is 1.80. The van der Waals surface area contributed by atoms with E-state index in [0.717, 1.165) is 16.7 Å². The summed E-state index contributed by atoms with van der Waals surface area (Å²) in [4.78, 5) is 24.7. The Balaban J connectivity index is 2.65. The fourth-order valence-electron chi connectivity index (χ4n) is 3.00. The Hall–Kier alpha value is -1.84. The molecule has 1 aromatic carbocycles. The van der Waals surface area contributed by atoms with E-state index in [1.54, 1.807) is 0 Å². The molecule has 2 rings (SSSR count). The number of hydrogen-bond donors (Lipinski definition) is 1. The summed E-state index contributed by atoms with van der Waals surface area (Å²) in [5.74, 6) is -0.947. The summed E-state index contributed by atoms with van der Waals surface area (Å²) < 4.78 is 0. The first kappa shape index (κ1) is 13.6. The second-order valence-electron chi connectivity index (χ2n) is 5.43. The van der Waals surface area contributed by atoms with Gasteiger partial charge in [-0.25, -0.2) is 4.79 Å². The molecule has 0 saturated heterocycles. The molecule has 19 heavy (non-hydrogen) atoms. The minimum Gasteiger partial charge on any atom is -0.479 e. The number of rotatable bonds is 4. The standard InChI is InChI=1S/C15H19NO3/c1-10(2)16(9-17)15(14(18)19)7-6-12-5-4-11(3)8-13(12)15/h4-5,8-10H,6-7H2,1-3H3,(H,18,19). The second-order valence-corrected chi connectivity index (χ2v) is 5.43. The number of nitrogens with zero attached hydrogens (tertiary/aromatic N) is 1. The highest BCUT2D eigenvalue weighted by Gasteiger charge is 2.50. The average molecular weight is 261 g/mol. The predicted molar refractivity (Wildman–Crippen MR) is 71.9 cm³/mol. The Bertz CT molecular complexity index is 524. The van der Waals surface area contributed by atoms with Crippen LogP contribution in [-0.2, 0) is 21.5 Å². The van der Waals surface area contributed by atoms with Crippen LogP contribution in [0, 0.1) is 6.92 Å². The predicted octanol–water partition coefficient (Wildman–Crippen LogP) is 2.09. The van der Waals surface area contributed by atoms with E-state index in [2.05, 4.69) is 0 Å². The van der Waals surface area contributed by atoms with Crippen molar-refractivity contribution in [3.63, 3.8) is 0 Å². The van der Waals surface area contributed by atoms with Crippen LogP contribution in [0.3, 0.4) is 0 Å². The van der Waals surface area contributed by atoms with Crippen molar-refractivity contribution < 1.29 is 14.7 Å². The number of amides is 1. The molecule has 1 N–H and O–H groups in total. The van der Waals surface area contributed by atoms with Gasteiger partial charge in [-0.15, -0.1) is 0 Å². The molecule has 4 nitrogen and oxygen atoms in total. The van der Waals surface area contributed by atoms with Crippen molar-refractivity contribution in [2.75, 3.05) is 0 Å². The Labute approximate surface area is 113 Å². The minimum atomic E-state index is -1.21. The topological polar surface area (TPSA) is 57.6 Å². The van der Waals surface area contributed by atoms with E-state index >= 15 is 0 Å². The first-order valence-corrected chi connectivity index (χ1v) is 6.50. The summed E-state index contributed by atoms with van der Waals surface area (Å²) in [6.45, 7) is 5.62. The van der Waals surface area contributed by atoms with Crippen molar-refractivity contribution in [2.24, 2.45) is 0 Å². The van der Waals surface area contributed by atoms with Gasteiger partial charge in [-0.05, 0) is 44.7 Å². The third-order valence-electron chi connectivity index (χ3n) is 3.93. The normalized spacial score (nSPS) is 21.3. The molecule has 1 amide bonds. The molecule has 0 spiro atoms. The van der Waals surface area contributed by atoms with Crippen molar-refractivity contribution in [1.82, 2.24) is 4.90 Å². The van der Waals surface area contributed by atoms with Gasteiger partial charge in [0.15, 0.2) is 5.54 Å². The van der Waals surface area contributed by atoms with Gasteiger partial charge in [-0.1, -0.05) is 23.8 Å². The summed E-state index contributed by atoms with van der Waals surface area (Å²) >= 11 is 0. The molecule has 1 unspecified atom stereocenters. The maximum Gasteiger partial charge on any atom is 0.334 e. The zero-order valence-electron chi connectivity index (χ0n) is 11.5. The van der Waals surface area contributed by atoms with Gasteiger partial charge in [0, 0.05) is 6.04 Å². The summed E-state index contributed by atoms with van der Waals surface area (Å²) in [6, 6.07) is 5.70. The lowest BCUT2D eigenvalue weighted by Gasteiger charge is -2.38. The van der Waals surface area contributed by atoms with E-state index in [1.807, 2.05) is 39.0 Å². The smallest absolute Gasteiger partial charge is 0.334 e. The molecule has 0 saturated carbocycles. The quantitative estimate of drug-likeness (QED) is 0.844. The highest BCUT2D eigenvalue weighted by atomic mass is 16.4. The van der Waals surface area contributed by atoms with Gasteiger partial charge < -0.3 is 10.0 Å². The molecule has 0 radical (unpaired) electrons. The fraction of sp³-hybridized carbons (Fsp3) is 0.467. The molecular weight excluding hydrogens is 242 g/mol. The highest BCUT2D eigenvalue weighted by molar-refractivity contribution is 5.85. The molecule has 0 heterocycles. The largest absolute Gasteiger partial charge is 0.479 e. The van der Waals surface area contributed by atoms with Crippen molar-refractivity contribution in [3.8, 4) is 0 Å². The molecule has 0 fully saturated rings. The molecule has 102 valence electrons. The van der Waals surface area contributed by atoms with Crippen LogP contribution in [0.5, 0.6) is 0 Å². The van der Waals surface area contributed by atoms with Crippen LogP contribution in [0.25, 0.3) is 0 Å². The van der Waals surface area contributed by atoms with Crippen LogP contribution in [0.2, 0.25) is 0 Å². The number of carboxylic acid groups (broad SMARTS) is 1. The Morgan fingerprint density at radius 2 is 2.16 bits per heavy atom. The number of carboxylic acids is 1. The van der Waals surface area contributed by atoms with Gasteiger partial charge in [0.1, 0.15) is 0 Å². The van der Waals surface area contributed by atoms with Gasteiger partial charge in [0.05, 0.1) is 0 Å². The molecule has 0 aromatic heterocycles. The number of aliphatic carboxylic acids is 1. The monoisotopic (exact) mass is 261 g/mol. The second kappa shape index (κ2) is 4.68. The van der Waals surface area contributed by atoms with Crippen LogP contribution >= 0.6 is 0 Å². The van der Waals surface area contributed by atoms with E-state index in [0.29, 0.717) is 19.3 Å². The Morgan fingerprint density at radius 3 is 2.68 bits per heavy atom. The molecule has 0 bridgehead atoms. The van der Waals surface area contributed by atoms with Crippen molar-refractivity contribution >= 4 is 12.4 Å². The number of aryl methyl sites for hydroxylation is 2. The third kappa shape index (κ3) is 1.91. The number of carbonyl (C=O) groups is 2. The summed E-state index contributed by atoms with van der Waals surface area (Å²) in [7, 11) is 0. The lowest BCUT2D eigenvalue weighted by molar-refractivity contribution is -0.158. The third-order valence-corrected chi connectivity index (χ3v) is 3.93. The number of fused-ring (bicyclic) bond motifs is 1. The number of benzene rings is 1. The number of carbonyl (C=O) groups excluding carboxylic acids is 1. The van der Waals surface area contributed by atoms with Crippen LogP contribution < -0.4 is 0 Å². The zero-order chi connectivity index (χ0) is 14.2. The maximum absolute atomic E-state index is 11.9. The number of hydrogen-bond acceptors (Lipinski definition) is 2. The zero-order valence-corrected chi connectivity index (χ0v) is 11.5. The van der Waals surface area contributed by atoms with Crippen LogP contribution in [0.1, 0.15) is 37.0 Å².